The molecule has 0 rings (SSSR count). The fraction of sp³-hybridized carbons (Fsp3) is 0.831. The molecule has 0 N–H and O–H groups in total. The van der Waals surface area contributed by atoms with Gasteiger partial charge >= 0.3 is 17.9 Å². The van der Waals surface area contributed by atoms with Gasteiger partial charge in [0.05, 0.1) is 0 Å². The first-order chi connectivity index (χ1) is 35.0. The molecule has 0 aromatic carbocycles. The lowest BCUT2D eigenvalue weighted by Crippen LogP contribution is -2.30. The van der Waals surface area contributed by atoms with Gasteiger partial charge in [0.25, 0.3) is 0 Å². The molecule has 0 aliphatic carbocycles. The molecule has 0 heterocycles. The van der Waals surface area contributed by atoms with Crippen LogP contribution in [0.15, 0.2) is 48.6 Å². The number of rotatable bonds is 57. The van der Waals surface area contributed by atoms with Crippen molar-refractivity contribution in [2.45, 2.75) is 335 Å². The highest BCUT2D eigenvalue weighted by Crippen LogP contribution is 2.17. The first-order valence-electron chi connectivity index (χ1n) is 31.1. The predicted octanol–water partition coefficient (Wildman–Crippen LogP) is 21.0. The van der Waals surface area contributed by atoms with E-state index in [4.69, 9.17) is 14.2 Å². The predicted molar refractivity (Wildman–Crippen MR) is 307 cm³/mol. The molecule has 0 spiro atoms. The summed E-state index contributed by atoms with van der Waals surface area (Å²) in [5, 5.41) is 0. The number of unbranched alkanes of at least 4 members (excludes halogenated alkanes) is 38. The van der Waals surface area contributed by atoms with Crippen LogP contribution in [-0.4, -0.2) is 37.2 Å². The highest BCUT2D eigenvalue weighted by Gasteiger charge is 2.19. The summed E-state index contributed by atoms with van der Waals surface area (Å²) < 4.78 is 16.9. The van der Waals surface area contributed by atoms with Crippen LogP contribution in [0.25, 0.3) is 0 Å². The minimum absolute atomic E-state index is 0.0751. The van der Waals surface area contributed by atoms with Gasteiger partial charge in [-0.05, 0) is 77.0 Å². The second-order valence-corrected chi connectivity index (χ2v) is 20.9. The summed E-state index contributed by atoms with van der Waals surface area (Å²) in [6, 6.07) is 0. The minimum Gasteiger partial charge on any atom is -0.462 e. The van der Waals surface area contributed by atoms with Crippen molar-refractivity contribution in [3.05, 3.63) is 48.6 Å². The summed E-state index contributed by atoms with van der Waals surface area (Å²) in [7, 11) is 0. The molecule has 1 atom stereocenters. The maximum atomic E-state index is 12.9. The maximum Gasteiger partial charge on any atom is 0.306 e. The lowest BCUT2D eigenvalue weighted by molar-refractivity contribution is -0.167. The van der Waals surface area contributed by atoms with E-state index in [2.05, 4.69) is 69.4 Å². The number of hydrogen-bond donors (Lipinski definition) is 0. The van der Waals surface area contributed by atoms with Crippen LogP contribution in [0.5, 0.6) is 0 Å². The number of carbonyl (C=O) groups is 3. The zero-order chi connectivity index (χ0) is 51.4. The van der Waals surface area contributed by atoms with E-state index in [1.165, 1.54) is 205 Å². The molecule has 414 valence electrons. The summed E-state index contributed by atoms with van der Waals surface area (Å²) >= 11 is 0. The van der Waals surface area contributed by atoms with Gasteiger partial charge < -0.3 is 14.2 Å². The summed E-state index contributed by atoms with van der Waals surface area (Å²) in [6.07, 6.45) is 73.9. The third kappa shape index (κ3) is 58.1. The van der Waals surface area contributed by atoms with Crippen molar-refractivity contribution in [2.24, 2.45) is 0 Å². The third-order valence-corrected chi connectivity index (χ3v) is 13.8. The molecular weight excluding hydrogens is 877 g/mol. The third-order valence-electron chi connectivity index (χ3n) is 13.8. The van der Waals surface area contributed by atoms with E-state index in [0.717, 1.165) is 83.5 Å². The maximum absolute atomic E-state index is 12.9. The van der Waals surface area contributed by atoms with Gasteiger partial charge in [-0.1, -0.05) is 281 Å². The van der Waals surface area contributed by atoms with Gasteiger partial charge in [0.15, 0.2) is 6.10 Å². The number of allylic oxidation sites excluding steroid dienone is 8. The molecule has 0 aromatic rings. The average molecular weight is 996 g/mol. The van der Waals surface area contributed by atoms with Crippen molar-refractivity contribution in [1.82, 2.24) is 0 Å². The van der Waals surface area contributed by atoms with Crippen molar-refractivity contribution in [2.75, 3.05) is 13.2 Å². The van der Waals surface area contributed by atoms with Crippen molar-refractivity contribution in [3.63, 3.8) is 0 Å². The number of esters is 3. The van der Waals surface area contributed by atoms with Gasteiger partial charge in [-0.15, -0.1) is 0 Å². The van der Waals surface area contributed by atoms with Crippen LogP contribution in [0.2, 0.25) is 0 Å². The monoisotopic (exact) mass is 995 g/mol. The largest absolute Gasteiger partial charge is 0.462 e. The molecule has 6 nitrogen and oxygen atoms in total. The van der Waals surface area contributed by atoms with E-state index in [0.29, 0.717) is 19.3 Å². The Morgan fingerprint density at radius 2 is 0.549 bits per heavy atom. The topological polar surface area (TPSA) is 78.9 Å². The molecule has 0 aliphatic rings. The Bertz CT molecular complexity index is 1230. The highest BCUT2D eigenvalue weighted by atomic mass is 16.6. The number of ether oxygens (including phenoxy) is 3. The quantitative estimate of drug-likeness (QED) is 0.0261. The van der Waals surface area contributed by atoms with Gasteiger partial charge in [-0.3, -0.25) is 14.4 Å². The van der Waals surface area contributed by atoms with E-state index in [1.54, 1.807) is 0 Å². The zero-order valence-corrected chi connectivity index (χ0v) is 47.5. The SMILES string of the molecule is CC/C=C\C/C=C\C/C=C\CCCCCCCCCC(=O)OCC(COC(=O)CCCCCCCCC/C=C\CCCCCCCCC)OC(=O)CCCCCCCCCCCCCCCCCCCC. The molecule has 6 heteroatoms. The van der Waals surface area contributed by atoms with Crippen LogP contribution in [-0.2, 0) is 28.6 Å². The summed E-state index contributed by atoms with van der Waals surface area (Å²) in [5.74, 6) is -0.868. The van der Waals surface area contributed by atoms with Crippen LogP contribution >= 0.6 is 0 Å². The van der Waals surface area contributed by atoms with E-state index in [9.17, 15) is 14.4 Å². The Kier molecular flexibility index (Phi) is 57.7. The molecular formula is C65H118O6. The molecule has 0 saturated heterocycles. The summed E-state index contributed by atoms with van der Waals surface area (Å²) in [4.78, 5) is 38.3. The Labute approximate surface area is 441 Å². The average Bonchev–Trinajstić information content (AvgIpc) is 3.37. The van der Waals surface area contributed by atoms with Gasteiger partial charge in [0, 0.05) is 19.3 Å². The summed E-state index contributed by atoms with van der Waals surface area (Å²) in [6.45, 7) is 6.57. The zero-order valence-electron chi connectivity index (χ0n) is 47.5. The Balaban J connectivity index is 4.36. The normalized spacial score (nSPS) is 12.3. The van der Waals surface area contributed by atoms with Crippen molar-refractivity contribution >= 4 is 17.9 Å². The van der Waals surface area contributed by atoms with Gasteiger partial charge in [0.2, 0.25) is 0 Å². The summed E-state index contributed by atoms with van der Waals surface area (Å²) in [5.41, 5.74) is 0. The van der Waals surface area contributed by atoms with Crippen LogP contribution in [0, 0.1) is 0 Å². The molecule has 0 aromatic heterocycles. The lowest BCUT2D eigenvalue weighted by Gasteiger charge is -2.18. The Morgan fingerprint density at radius 3 is 0.873 bits per heavy atom. The van der Waals surface area contributed by atoms with Crippen LogP contribution < -0.4 is 0 Å². The molecule has 0 radical (unpaired) electrons. The molecule has 0 bridgehead atoms. The standard InChI is InChI=1S/C65H118O6/c1-4-7-10-13-16-19-22-25-28-31-34-37-40-43-46-49-52-55-58-64(67)70-61-62(60-69-63(66)57-54-51-48-45-42-39-36-33-30-27-24-21-18-15-12-9-6-3)71-65(68)59-56-53-50-47-44-41-38-35-32-29-26-23-20-17-14-11-8-5-2/h9,12,18,21,27-28,30-31,62H,4-8,10-11,13-17,19-20,22-26,29,32-61H2,1-3H3/b12-9-,21-18-,30-27-,31-28-. The van der Waals surface area contributed by atoms with Gasteiger partial charge in [-0.2, -0.15) is 0 Å². The number of carbonyl (C=O) groups excluding carboxylic acids is 3. The fourth-order valence-corrected chi connectivity index (χ4v) is 9.16. The van der Waals surface area contributed by atoms with Crippen LogP contribution in [0.3, 0.4) is 0 Å². The van der Waals surface area contributed by atoms with Crippen molar-refractivity contribution in [1.29, 1.82) is 0 Å². The second-order valence-electron chi connectivity index (χ2n) is 20.9. The first-order valence-corrected chi connectivity index (χ1v) is 31.1. The molecule has 0 saturated carbocycles. The molecule has 0 amide bonds. The van der Waals surface area contributed by atoms with Crippen LogP contribution in [0.4, 0.5) is 0 Å². The number of hydrogen-bond acceptors (Lipinski definition) is 6. The molecule has 1 unspecified atom stereocenters. The van der Waals surface area contributed by atoms with Gasteiger partial charge in [-0.25, -0.2) is 0 Å². The molecule has 71 heavy (non-hydrogen) atoms. The van der Waals surface area contributed by atoms with Crippen molar-refractivity contribution in [3.8, 4) is 0 Å². The fourth-order valence-electron chi connectivity index (χ4n) is 9.16. The Hall–Kier alpha value is -2.63. The van der Waals surface area contributed by atoms with Crippen molar-refractivity contribution < 1.29 is 28.6 Å². The van der Waals surface area contributed by atoms with E-state index in [1.807, 2.05) is 0 Å². The van der Waals surface area contributed by atoms with Gasteiger partial charge in [0.1, 0.15) is 13.2 Å². The molecule has 0 aliphatic heterocycles. The van der Waals surface area contributed by atoms with E-state index >= 15 is 0 Å². The first kappa shape index (κ1) is 68.4. The lowest BCUT2D eigenvalue weighted by atomic mass is 10.0. The smallest absolute Gasteiger partial charge is 0.306 e. The van der Waals surface area contributed by atoms with E-state index < -0.39 is 6.10 Å². The van der Waals surface area contributed by atoms with E-state index in [-0.39, 0.29) is 31.1 Å². The molecule has 0 fully saturated rings. The highest BCUT2D eigenvalue weighted by molar-refractivity contribution is 5.71. The minimum atomic E-state index is -0.777. The Morgan fingerprint density at radius 1 is 0.296 bits per heavy atom. The second kappa shape index (κ2) is 59.9. The van der Waals surface area contributed by atoms with Crippen LogP contribution in [0.1, 0.15) is 329 Å².